The third kappa shape index (κ3) is 4.85. The summed E-state index contributed by atoms with van der Waals surface area (Å²) in [6.45, 7) is 1.44. The van der Waals surface area contributed by atoms with Gasteiger partial charge in [0.05, 0.1) is 17.6 Å². The first-order valence-electron chi connectivity index (χ1n) is 9.08. The molecule has 148 valence electrons. The maximum absolute atomic E-state index is 6.24. The average Bonchev–Trinajstić information content (AvgIpc) is 3.12. The third-order valence-electron chi connectivity index (χ3n) is 4.50. The summed E-state index contributed by atoms with van der Waals surface area (Å²) in [7, 11) is 0. The quantitative estimate of drug-likeness (QED) is 0.346. The van der Waals surface area contributed by atoms with E-state index in [9.17, 15) is 0 Å². The molecule has 0 aliphatic heterocycles. The van der Waals surface area contributed by atoms with Gasteiger partial charge in [-0.15, -0.1) is 0 Å². The summed E-state index contributed by atoms with van der Waals surface area (Å²) in [6, 6.07) is 18.9. The van der Waals surface area contributed by atoms with Crippen LogP contribution in [0.5, 0.6) is 5.75 Å². The van der Waals surface area contributed by atoms with Gasteiger partial charge in [-0.2, -0.15) is 0 Å². The molecule has 0 saturated carbocycles. The SMILES string of the molecule is Clc1ccc(OCc2c(Cl)cccc2Cl)c(CNCc2nc3ccccc3[nH]2)c1. The van der Waals surface area contributed by atoms with E-state index in [1.807, 2.05) is 42.5 Å². The second kappa shape index (κ2) is 9.06. The number of fused-ring (bicyclic) bond motifs is 1. The molecule has 4 rings (SSSR count). The molecule has 0 aliphatic carbocycles. The van der Waals surface area contributed by atoms with Crippen LogP contribution in [0.4, 0.5) is 0 Å². The molecule has 0 amide bonds. The number of nitrogens with zero attached hydrogens (tertiary/aromatic N) is 1. The Kier molecular flexibility index (Phi) is 6.26. The number of hydrogen-bond donors (Lipinski definition) is 2. The van der Waals surface area contributed by atoms with Gasteiger partial charge in [0.25, 0.3) is 0 Å². The molecule has 0 spiro atoms. The Morgan fingerprint density at radius 1 is 0.897 bits per heavy atom. The molecule has 3 aromatic carbocycles. The number of aromatic amines is 1. The third-order valence-corrected chi connectivity index (χ3v) is 5.45. The van der Waals surface area contributed by atoms with E-state index in [-0.39, 0.29) is 6.61 Å². The van der Waals surface area contributed by atoms with E-state index in [1.54, 1.807) is 18.2 Å². The van der Waals surface area contributed by atoms with Gasteiger partial charge >= 0.3 is 0 Å². The molecule has 0 bridgehead atoms. The van der Waals surface area contributed by atoms with E-state index in [2.05, 4.69) is 15.3 Å². The lowest BCUT2D eigenvalue weighted by atomic mass is 10.2. The van der Waals surface area contributed by atoms with Crippen LogP contribution in [0.1, 0.15) is 17.0 Å². The van der Waals surface area contributed by atoms with Gasteiger partial charge in [-0.25, -0.2) is 4.98 Å². The van der Waals surface area contributed by atoms with Gasteiger partial charge in [-0.3, -0.25) is 0 Å². The molecule has 4 nitrogen and oxygen atoms in total. The molecule has 29 heavy (non-hydrogen) atoms. The molecule has 1 aromatic heterocycles. The van der Waals surface area contributed by atoms with E-state index in [4.69, 9.17) is 39.5 Å². The fraction of sp³-hybridized carbons (Fsp3) is 0.136. The Morgan fingerprint density at radius 2 is 1.69 bits per heavy atom. The second-order valence-corrected chi connectivity index (χ2v) is 7.80. The number of imidazole rings is 1. The lowest BCUT2D eigenvalue weighted by Crippen LogP contribution is -2.14. The molecular weight excluding hydrogens is 429 g/mol. The Labute approximate surface area is 183 Å². The van der Waals surface area contributed by atoms with Crippen molar-refractivity contribution in [2.75, 3.05) is 0 Å². The first kappa shape index (κ1) is 20.0. The van der Waals surface area contributed by atoms with E-state index in [1.165, 1.54) is 0 Å². The van der Waals surface area contributed by atoms with E-state index in [0.29, 0.717) is 28.2 Å². The summed E-state index contributed by atoms with van der Waals surface area (Å²) < 4.78 is 6.00. The van der Waals surface area contributed by atoms with Crippen molar-refractivity contribution in [2.24, 2.45) is 0 Å². The highest BCUT2D eigenvalue weighted by atomic mass is 35.5. The smallest absolute Gasteiger partial charge is 0.124 e. The highest BCUT2D eigenvalue weighted by molar-refractivity contribution is 6.36. The molecule has 2 N–H and O–H groups in total. The fourth-order valence-electron chi connectivity index (χ4n) is 3.05. The molecule has 0 fully saturated rings. The first-order valence-corrected chi connectivity index (χ1v) is 10.2. The van der Waals surface area contributed by atoms with Crippen molar-refractivity contribution in [3.63, 3.8) is 0 Å². The minimum atomic E-state index is 0.275. The van der Waals surface area contributed by atoms with Gasteiger partial charge in [0.2, 0.25) is 0 Å². The van der Waals surface area contributed by atoms with Gasteiger partial charge in [-0.1, -0.05) is 53.0 Å². The standard InChI is InChI=1S/C22H18Cl3N3O/c23-15-8-9-21(29-13-16-17(24)4-3-5-18(16)25)14(10-15)11-26-12-22-27-19-6-1-2-7-20(19)28-22/h1-10,26H,11-13H2,(H,27,28). The van der Waals surface area contributed by atoms with Crippen LogP contribution in [0.15, 0.2) is 60.7 Å². The van der Waals surface area contributed by atoms with Crippen molar-refractivity contribution >= 4 is 45.8 Å². The number of benzene rings is 3. The predicted octanol–water partition coefficient (Wildman–Crippen LogP) is 6.39. The molecule has 0 saturated heterocycles. The highest BCUT2D eigenvalue weighted by Crippen LogP contribution is 2.28. The summed E-state index contributed by atoms with van der Waals surface area (Å²) in [4.78, 5) is 7.88. The number of rotatable bonds is 7. The zero-order chi connectivity index (χ0) is 20.2. The topological polar surface area (TPSA) is 49.9 Å². The Hall–Kier alpha value is -2.24. The minimum absolute atomic E-state index is 0.275. The lowest BCUT2D eigenvalue weighted by molar-refractivity contribution is 0.302. The molecule has 0 aliphatic rings. The predicted molar refractivity (Wildman–Crippen MR) is 119 cm³/mol. The van der Waals surface area contributed by atoms with E-state index >= 15 is 0 Å². The number of H-pyrrole nitrogens is 1. The Morgan fingerprint density at radius 3 is 2.48 bits per heavy atom. The zero-order valence-corrected chi connectivity index (χ0v) is 17.7. The fourth-order valence-corrected chi connectivity index (χ4v) is 3.75. The maximum atomic E-state index is 6.24. The van der Waals surface area contributed by atoms with Crippen molar-refractivity contribution < 1.29 is 4.74 Å². The van der Waals surface area contributed by atoms with Crippen molar-refractivity contribution in [1.82, 2.24) is 15.3 Å². The average molecular weight is 447 g/mol. The molecule has 0 atom stereocenters. The van der Waals surface area contributed by atoms with Gasteiger partial charge in [0.15, 0.2) is 0 Å². The maximum Gasteiger partial charge on any atom is 0.124 e. The summed E-state index contributed by atoms with van der Waals surface area (Å²) in [6.07, 6.45) is 0. The number of halogens is 3. The van der Waals surface area contributed by atoms with Crippen molar-refractivity contribution in [1.29, 1.82) is 0 Å². The Bertz CT molecular complexity index is 1090. The van der Waals surface area contributed by atoms with Crippen LogP contribution < -0.4 is 10.1 Å². The van der Waals surface area contributed by atoms with Crippen LogP contribution in [0.25, 0.3) is 11.0 Å². The normalized spacial score (nSPS) is 11.1. The molecular formula is C22H18Cl3N3O. The van der Waals surface area contributed by atoms with E-state index in [0.717, 1.165) is 33.7 Å². The van der Waals surface area contributed by atoms with Crippen LogP contribution in [0.3, 0.4) is 0 Å². The van der Waals surface area contributed by atoms with Gasteiger partial charge in [-0.05, 0) is 42.5 Å². The number of hydrogen-bond acceptors (Lipinski definition) is 3. The summed E-state index contributed by atoms with van der Waals surface area (Å²) in [5.74, 6) is 1.60. The van der Waals surface area contributed by atoms with E-state index < -0.39 is 0 Å². The van der Waals surface area contributed by atoms with Crippen molar-refractivity contribution in [3.05, 3.63) is 92.7 Å². The second-order valence-electron chi connectivity index (χ2n) is 6.55. The highest BCUT2D eigenvalue weighted by Gasteiger charge is 2.10. The van der Waals surface area contributed by atoms with Crippen LogP contribution >= 0.6 is 34.8 Å². The molecule has 4 aromatic rings. The summed E-state index contributed by atoms with van der Waals surface area (Å²) >= 11 is 18.7. The number of nitrogens with one attached hydrogen (secondary N) is 2. The summed E-state index contributed by atoms with van der Waals surface area (Å²) in [5.41, 5.74) is 3.67. The van der Waals surface area contributed by atoms with Crippen LogP contribution in [0.2, 0.25) is 15.1 Å². The zero-order valence-electron chi connectivity index (χ0n) is 15.4. The van der Waals surface area contributed by atoms with Crippen LogP contribution in [0, 0.1) is 0 Å². The molecule has 1 heterocycles. The monoisotopic (exact) mass is 445 g/mol. The summed E-state index contributed by atoms with van der Waals surface area (Å²) in [5, 5.41) is 5.19. The lowest BCUT2D eigenvalue weighted by Gasteiger charge is -2.14. The van der Waals surface area contributed by atoms with Gasteiger partial charge < -0.3 is 15.0 Å². The van der Waals surface area contributed by atoms with Gasteiger partial charge in [0, 0.05) is 32.7 Å². The number of ether oxygens (including phenoxy) is 1. The van der Waals surface area contributed by atoms with Crippen molar-refractivity contribution in [3.8, 4) is 5.75 Å². The number of aromatic nitrogens is 2. The van der Waals surface area contributed by atoms with Crippen LogP contribution in [-0.2, 0) is 19.7 Å². The molecule has 0 unspecified atom stereocenters. The first-order chi connectivity index (χ1) is 14.1. The molecule has 0 radical (unpaired) electrons. The largest absolute Gasteiger partial charge is 0.488 e. The number of para-hydroxylation sites is 2. The molecule has 7 heteroatoms. The van der Waals surface area contributed by atoms with Crippen molar-refractivity contribution in [2.45, 2.75) is 19.7 Å². The Balaban J connectivity index is 1.43. The minimum Gasteiger partial charge on any atom is -0.488 e. The van der Waals surface area contributed by atoms with Gasteiger partial charge in [0.1, 0.15) is 18.2 Å². The van der Waals surface area contributed by atoms with Crippen LogP contribution in [-0.4, -0.2) is 9.97 Å².